The van der Waals surface area contributed by atoms with Gasteiger partial charge in [0.05, 0.1) is 4.92 Å². The first kappa shape index (κ1) is 22.1. The van der Waals surface area contributed by atoms with Gasteiger partial charge < -0.3 is 5.32 Å². The molecule has 23 heavy (non-hydrogen) atoms. The topological polar surface area (TPSA) is 58.4 Å². The molecule has 1 aliphatic rings. The van der Waals surface area contributed by atoms with Gasteiger partial charge in [-0.15, -0.1) is 24.8 Å². The average molecular weight is 368 g/mol. The summed E-state index contributed by atoms with van der Waals surface area (Å²) in [5.74, 6) is -0.765. The number of unbranched alkanes of at least 4 members (excludes halogenated alkanes) is 1. The van der Waals surface area contributed by atoms with Crippen LogP contribution < -0.4 is 5.32 Å². The maximum absolute atomic E-state index is 13.5. The van der Waals surface area contributed by atoms with E-state index < -0.39 is 16.4 Å². The smallest absolute Gasteiger partial charge is 0.305 e. The third-order valence-corrected chi connectivity index (χ3v) is 3.98. The van der Waals surface area contributed by atoms with Crippen molar-refractivity contribution in [3.8, 4) is 0 Å². The predicted molar refractivity (Wildman–Crippen MR) is 94.3 cm³/mol. The standard InChI is InChI=1S/C15H22FN3O2.2ClH/c1-2-3-4-14(18-9-7-17-8-10-18)12-5-6-13(16)15(11-12)19(20)21;;/h5-6,11,14,17H,2-4,7-10H2,1H3;2*1H/t14-;;/m1../s1. The van der Waals surface area contributed by atoms with Gasteiger partial charge in [0.1, 0.15) is 0 Å². The van der Waals surface area contributed by atoms with Crippen LogP contribution >= 0.6 is 24.8 Å². The fourth-order valence-corrected chi connectivity index (χ4v) is 2.83. The lowest BCUT2D eigenvalue weighted by Crippen LogP contribution is -2.45. The molecular formula is C15H24Cl2FN3O2. The van der Waals surface area contributed by atoms with Gasteiger partial charge >= 0.3 is 5.69 Å². The molecule has 1 fully saturated rings. The van der Waals surface area contributed by atoms with Gasteiger partial charge in [0.25, 0.3) is 0 Å². The Morgan fingerprint density at radius 1 is 1.35 bits per heavy atom. The summed E-state index contributed by atoms with van der Waals surface area (Å²) < 4.78 is 13.5. The maximum Gasteiger partial charge on any atom is 0.305 e. The van der Waals surface area contributed by atoms with Crippen LogP contribution in [-0.2, 0) is 0 Å². The molecule has 0 saturated carbocycles. The molecule has 5 nitrogen and oxygen atoms in total. The Hall–Kier alpha value is -0.950. The Bertz CT molecular complexity index is 500. The molecule has 0 aromatic heterocycles. The second-order valence-corrected chi connectivity index (χ2v) is 5.41. The molecule has 1 atom stereocenters. The number of nitro groups is 1. The van der Waals surface area contributed by atoms with Crippen molar-refractivity contribution in [3.63, 3.8) is 0 Å². The minimum Gasteiger partial charge on any atom is -0.314 e. The van der Waals surface area contributed by atoms with Crippen molar-refractivity contribution in [2.45, 2.75) is 32.2 Å². The third-order valence-electron chi connectivity index (χ3n) is 3.98. The second-order valence-electron chi connectivity index (χ2n) is 5.41. The van der Waals surface area contributed by atoms with E-state index in [2.05, 4.69) is 17.1 Å². The highest BCUT2D eigenvalue weighted by Crippen LogP contribution is 2.30. The Labute approximate surface area is 148 Å². The Kier molecular flexibility index (Phi) is 10.3. The van der Waals surface area contributed by atoms with Crippen molar-refractivity contribution in [1.29, 1.82) is 0 Å². The van der Waals surface area contributed by atoms with Gasteiger partial charge in [-0.05, 0) is 18.1 Å². The van der Waals surface area contributed by atoms with Crippen LogP contribution in [0.25, 0.3) is 0 Å². The molecule has 8 heteroatoms. The number of hydrogen-bond acceptors (Lipinski definition) is 4. The highest BCUT2D eigenvalue weighted by Gasteiger charge is 2.24. The monoisotopic (exact) mass is 367 g/mol. The fourth-order valence-electron chi connectivity index (χ4n) is 2.83. The molecule has 1 aromatic carbocycles. The zero-order valence-electron chi connectivity index (χ0n) is 13.2. The highest BCUT2D eigenvalue weighted by molar-refractivity contribution is 5.85. The Morgan fingerprint density at radius 2 is 2.00 bits per heavy atom. The van der Waals surface area contributed by atoms with E-state index in [1.807, 2.05) is 0 Å². The minimum atomic E-state index is -0.765. The summed E-state index contributed by atoms with van der Waals surface area (Å²) in [6, 6.07) is 4.43. The van der Waals surface area contributed by atoms with Crippen LogP contribution in [0.15, 0.2) is 18.2 Å². The second kappa shape index (κ2) is 10.8. The molecule has 0 radical (unpaired) electrons. The number of rotatable bonds is 6. The van der Waals surface area contributed by atoms with Crippen LogP contribution in [0.5, 0.6) is 0 Å². The molecular weight excluding hydrogens is 344 g/mol. The molecule has 1 N–H and O–H groups in total. The molecule has 1 aromatic rings. The third kappa shape index (κ3) is 5.88. The number of halogens is 3. The molecule has 132 valence electrons. The molecule has 1 heterocycles. The maximum atomic E-state index is 13.5. The van der Waals surface area contributed by atoms with Gasteiger partial charge in [0.2, 0.25) is 5.82 Å². The number of hydrogen-bond donors (Lipinski definition) is 1. The minimum absolute atomic E-state index is 0. The summed E-state index contributed by atoms with van der Waals surface area (Å²) in [7, 11) is 0. The van der Waals surface area contributed by atoms with Gasteiger partial charge in [-0.2, -0.15) is 4.39 Å². The van der Waals surface area contributed by atoms with Gasteiger partial charge in [-0.3, -0.25) is 15.0 Å². The molecule has 2 rings (SSSR count). The van der Waals surface area contributed by atoms with E-state index in [1.165, 1.54) is 12.1 Å². The van der Waals surface area contributed by atoms with E-state index in [9.17, 15) is 14.5 Å². The van der Waals surface area contributed by atoms with Crippen molar-refractivity contribution in [3.05, 3.63) is 39.7 Å². The molecule has 1 aliphatic heterocycles. The lowest BCUT2D eigenvalue weighted by molar-refractivity contribution is -0.387. The van der Waals surface area contributed by atoms with Crippen LogP contribution in [0.2, 0.25) is 0 Å². The van der Waals surface area contributed by atoms with Crippen molar-refractivity contribution >= 4 is 30.5 Å². The highest BCUT2D eigenvalue weighted by atomic mass is 35.5. The predicted octanol–water partition coefficient (Wildman–Crippen LogP) is 3.71. The summed E-state index contributed by atoms with van der Waals surface area (Å²) in [5, 5.41) is 14.2. The zero-order chi connectivity index (χ0) is 15.2. The first-order chi connectivity index (χ1) is 10.1. The molecule has 1 saturated heterocycles. The quantitative estimate of drug-likeness (QED) is 0.614. The van der Waals surface area contributed by atoms with Crippen LogP contribution in [0.1, 0.15) is 37.8 Å². The molecule has 0 bridgehead atoms. The van der Waals surface area contributed by atoms with E-state index in [-0.39, 0.29) is 30.9 Å². The van der Waals surface area contributed by atoms with Crippen LogP contribution in [-0.4, -0.2) is 36.0 Å². The summed E-state index contributed by atoms with van der Waals surface area (Å²) in [6.45, 7) is 5.80. The van der Waals surface area contributed by atoms with Gasteiger partial charge in [0, 0.05) is 38.3 Å². The van der Waals surface area contributed by atoms with Crippen molar-refractivity contribution < 1.29 is 9.31 Å². The number of nitro benzene ring substituents is 1. The molecule has 0 unspecified atom stereocenters. The van der Waals surface area contributed by atoms with Crippen LogP contribution in [0.3, 0.4) is 0 Å². The van der Waals surface area contributed by atoms with E-state index in [0.29, 0.717) is 0 Å². The van der Waals surface area contributed by atoms with E-state index in [4.69, 9.17) is 0 Å². The SMILES string of the molecule is CCCC[C@H](c1ccc(F)c([N+](=O)[O-])c1)N1CCNCC1.Cl.Cl. The van der Waals surface area contributed by atoms with Gasteiger partial charge in [-0.25, -0.2) is 0 Å². The largest absolute Gasteiger partial charge is 0.314 e. The van der Waals surface area contributed by atoms with Gasteiger partial charge in [-0.1, -0.05) is 25.8 Å². The first-order valence-corrected chi connectivity index (χ1v) is 7.52. The lowest BCUT2D eigenvalue weighted by Gasteiger charge is -2.35. The summed E-state index contributed by atoms with van der Waals surface area (Å²) in [5.41, 5.74) is 0.419. The summed E-state index contributed by atoms with van der Waals surface area (Å²) in [4.78, 5) is 12.6. The first-order valence-electron chi connectivity index (χ1n) is 7.52. The lowest BCUT2D eigenvalue weighted by atomic mass is 9.98. The molecule has 0 amide bonds. The molecule has 0 spiro atoms. The Balaban J connectivity index is 0.00000242. The number of benzene rings is 1. The fraction of sp³-hybridized carbons (Fsp3) is 0.600. The summed E-state index contributed by atoms with van der Waals surface area (Å²) >= 11 is 0. The van der Waals surface area contributed by atoms with E-state index >= 15 is 0 Å². The Morgan fingerprint density at radius 3 is 2.57 bits per heavy atom. The summed E-state index contributed by atoms with van der Waals surface area (Å²) in [6.07, 6.45) is 3.07. The van der Waals surface area contributed by atoms with E-state index in [0.717, 1.165) is 51.0 Å². The normalized spacial score (nSPS) is 16.1. The van der Waals surface area contributed by atoms with Crippen molar-refractivity contribution in [2.75, 3.05) is 26.2 Å². The number of piperazine rings is 1. The van der Waals surface area contributed by atoms with Crippen molar-refractivity contribution in [1.82, 2.24) is 10.2 Å². The average Bonchev–Trinajstić information content (AvgIpc) is 2.50. The van der Waals surface area contributed by atoms with Crippen LogP contribution in [0, 0.1) is 15.9 Å². The van der Waals surface area contributed by atoms with Gasteiger partial charge in [0.15, 0.2) is 0 Å². The zero-order valence-corrected chi connectivity index (χ0v) is 14.8. The number of nitrogens with zero attached hydrogens (tertiary/aromatic N) is 2. The van der Waals surface area contributed by atoms with Crippen LogP contribution in [0.4, 0.5) is 10.1 Å². The molecule has 0 aliphatic carbocycles. The van der Waals surface area contributed by atoms with E-state index in [1.54, 1.807) is 6.07 Å². The van der Waals surface area contributed by atoms with Crippen molar-refractivity contribution in [2.24, 2.45) is 0 Å². The number of nitrogens with one attached hydrogen (secondary N) is 1.